The van der Waals surface area contributed by atoms with Gasteiger partial charge in [-0.2, -0.15) is 5.26 Å². The van der Waals surface area contributed by atoms with Gasteiger partial charge in [0.2, 0.25) is 0 Å². The number of rotatable bonds is 7. The van der Waals surface area contributed by atoms with Crippen molar-refractivity contribution in [2.75, 3.05) is 37.7 Å². The number of hydrogen-bond acceptors (Lipinski definition) is 6. The van der Waals surface area contributed by atoms with Gasteiger partial charge in [0.05, 0.1) is 23.4 Å². The van der Waals surface area contributed by atoms with E-state index in [2.05, 4.69) is 15.2 Å². The van der Waals surface area contributed by atoms with Gasteiger partial charge in [-0.25, -0.2) is 8.78 Å². The van der Waals surface area contributed by atoms with Crippen LogP contribution in [0.5, 0.6) is 5.75 Å². The van der Waals surface area contributed by atoms with E-state index in [4.69, 9.17) is 5.11 Å². The Hall–Kier alpha value is -4.06. The second kappa shape index (κ2) is 10.1. The number of phenolic OH excluding ortho intramolecular Hbond substituents is 1. The smallest absolute Gasteiger partial charge is 0.141 e. The van der Waals surface area contributed by atoms with Crippen LogP contribution in [-0.4, -0.2) is 48.0 Å². The van der Waals surface area contributed by atoms with Gasteiger partial charge in [-0.05, 0) is 60.0 Å². The first kappa shape index (κ1) is 24.6. The largest absolute Gasteiger partial charge is 0.506 e. The van der Waals surface area contributed by atoms with E-state index >= 15 is 0 Å². The Balaban J connectivity index is 1.66. The van der Waals surface area contributed by atoms with E-state index in [9.17, 15) is 19.1 Å². The molecule has 4 aromatic rings. The highest BCUT2D eigenvalue weighted by Gasteiger charge is 2.30. The fourth-order valence-corrected chi connectivity index (χ4v) is 4.96. The molecule has 1 aliphatic heterocycles. The number of fused-ring (bicyclic) bond motifs is 1. The summed E-state index contributed by atoms with van der Waals surface area (Å²) < 4.78 is 28.6. The van der Waals surface area contributed by atoms with Gasteiger partial charge in [-0.1, -0.05) is 12.1 Å². The van der Waals surface area contributed by atoms with Crippen molar-refractivity contribution >= 4 is 16.6 Å². The second-order valence-corrected chi connectivity index (χ2v) is 9.43. The van der Waals surface area contributed by atoms with Gasteiger partial charge in [0.25, 0.3) is 0 Å². The zero-order chi connectivity index (χ0) is 26.1. The molecule has 6 nitrogen and oxygen atoms in total. The highest BCUT2D eigenvalue weighted by molar-refractivity contribution is 6.02. The Kier molecular flexibility index (Phi) is 6.74. The molecular weight excluding hydrogens is 474 g/mol. The molecule has 1 aliphatic rings. The minimum atomic E-state index is -0.618. The van der Waals surface area contributed by atoms with Gasteiger partial charge in [0.15, 0.2) is 0 Å². The van der Waals surface area contributed by atoms with Crippen LogP contribution in [-0.2, 0) is 0 Å². The topological polar surface area (TPSA) is 92.4 Å². The van der Waals surface area contributed by atoms with Crippen molar-refractivity contribution in [3.05, 3.63) is 77.5 Å². The molecule has 0 saturated carbocycles. The van der Waals surface area contributed by atoms with Crippen LogP contribution in [0.25, 0.3) is 33.2 Å². The Morgan fingerprint density at radius 2 is 1.84 bits per heavy atom. The first-order chi connectivity index (χ1) is 17.9. The van der Waals surface area contributed by atoms with Crippen LogP contribution in [0.2, 0.25) is 0 Å². The van der Waals surface area contributed by atoms with Crippen LogP contribution in [0, 0.1) is 35.8 Å². The normalized spacial score (nSPS) is 13.5. The monoisotopic (exact) mass is 500 g/mol. The van der Waals surface area contributed by atoms with Crippen molar-refractivity contribution in [3.8, 4) is 34.1 Å². The van der Waals surface area contributed by atoms with Gasteiger partial charge < -0.3 is 20.4 Å². The quantitative estimate of drug-likeness (QED) is 0.317. The molecule has 1 saturated heterocycles. The molecule has 0 spiro atoms. The molecule has 0 radical (unpaired) electrons. The number of aryl methyl sites for hydroxylation is 1. The maximum absolute atomic E-state index is 14.4. The minimum Gasteiger partial charge on any atom is -0.506 e. The molecule has 5 rings (SSSR count). The molecule has 0 aliphatic carbocycles. The number of aromatic nitrogens is 1. The van der Waals surface area contributed by atoms with Gasteiger partial charge in [0, 0.05) is 54.8 Å². The summed E-state index contributed by atoms with van der Waals surface area (Å²) in [5.41, 5.74) is 4.46. The number of nitriles is 1. The highest BCUT2D eigenvalue weighted by Crippen LogP contribution is 2.42. The number of anilines is 1. The molecule has 37 heavy (non-hydrogen) atoms. The van der Waals surface area contributed by atoms with Crippen LogP contribution in [0.3, 0.4) is 0 Å². The number of aliphatic hydroxyl groups excluding tert-OH is 1. The number of phenols is 1. The van der Waals surface area contributed by atoms with E-state index in [1.54, 1.807) is 18.3 Å². The molecule has 8 heteroatoms. The minimum absolute atomic E-state index is 0.0811. The number of nitrogens with one attached hydrogen (secondary N) is 1. The molecule has 0 amide bonds. The standard InChI is InChI=1S/C29H26F2N4O2/c1-17-6-20(8-22(30)7-17)26-14-34-27-3-2-19(24-11-23(31)9-21(12-32)29(24)37)10-25(27)28(26)35-15-18(16-35)13-33-4-5-36/h2-3,6-11,14,18,33,36-37H,4-5,13,15-16H2,1H3. The Labute approximate surface area is 213 Å². The van der Waals surface area contributed by atoms with E-state index in [-0.39, 0.29) is 29.3 Å². The van der Waals surface area contributed by atoms with E-state index in [1.165, 1.54) is 18.2 Å². The molecule has 0 unspecified atom stereocenters. The first-order valence-electron chi connectivity index (χ1n) is 12.1. The molecule has 3 aromatic carbocycles. The first-order valence-corrected chi connectivity index (χ1v) is 12.1. The zero-order valence-corrected chi connectivity index (χ0v) is 20.3. The molecule has 0 bridgehead atoms. The maximum atomic E-state index is 14.4. The lowest BCUT2D eigenvalue weighted by Gasteiger charge is -2.42. The SMILES string of the molecule is Cc1cc(F)cc(-c2cnc3ccc(-c4cc(F)cc(C#N)c4O)cc3c2N2CC(CNCCO)C2)c1. The summed E-state index contributed by atoms with van der Waals surface area (Å²) in [5, 5.41) is 33.0. The summed E-state index contributed by atoms with van der Waals surface area (Å²) >= 11 is 0. The van der Waals surface area contributed by atoms with Crippen LogP contribution in [0.4, 0.5) is 14.5 Å². The number of aliphatic hydroxyl groups is 1. The molecular formula is C29H26F2N4O2. The summed E-state index contributed by atoms with van der Waals surface area (Å²) in [6.45, 7) is 4.74. The third-order valence-corrected chi connectivity index (χ3v) is 6.69. The number of benzene rings is 3. The van der Waals surface area contributed by atoms with Gasteiger partial charge in [-0.15, -0.1) is 0 Å². The predicted molar refractivity (Wildman–Crippen MR) is 139 cm³/mol. The Morgan fingerprint density at radius 1 is 1.05 bits per heavy atom. The highest BCUT2D eigenvalue weighted by atomic mass is 19.1. The van der Waals surface area contributed by atoms with Crippen molar-refractivity contribution in [1.82, 2.24) is 10.3 Å². The fraction of sp³-hybridized carbons (Fsp3) is 0.241. The van der Waals surface area contributed by atoms with E-state index in [0.717, 1.165) is 47.9 Å². The number of aromatic hydroxyl groups is 1. The maximum Gasteiger partial charge on any atom is 0.141 e. The van der Waals surface area contributed by atoms with Crippen LogP contribution in [0.1, 0.15) is 11.1 Å². The van der Waals surface area contributed by atoms with Crippen LogP contribution < -0.4 is 10.2 Å². The van der Waals surface area contributed by atoms with Crippen LogP contribution in [0.15, 0.2) is 54.7 Å². The number of hydrogen-bond donors (Lipinski definition) is 3. The van der Waals surface area contributed by atoms with Gasteiger partial charge in [0.1, 0.15) is 23.5 Å². The summed E-state index contributed by atoms with van der Waals surface area (Å²) in [6.07, 6.45) is 1.75. The lowest BCUT2D eigenvalue weighted by molar-refractivity contribution is 0.282. The molecule has 3 N–H and O–H groups in total. The lowest BCUT2D eigenvalue weighted by Crippen LogP contribution is -2.51. The number of pyridine rings is 1. The average Bonchev–Trinajstić information content (AvgIpc) is 2.85. The third-order valence-electron chi connectivity index (χ3n) is 6.69. The molecule has 2 heterocycles. The average molecular weight is 501 g/mol. The Bertz CT molecular complexity index is 1510. The van der Waals surface area contributed by atoms with Crippen molar-refractivity contribution in [2.45, 2.75) is 6.92 Å². The second-order valence-electron chi connectivity index (χ2n) is 9.43. The lowest BCUT2D eigenvalue weighted by atomic mass is 9.92. The Morgan fingerprint density at radius 3 is 2.57 bits per heavy atom. The molecule has 1 fully saturated rings. The summed E-state index contributed by atoms with van der Waals surface area (Å²) in [5.74, 6) is -0.856. The summed E-state index contributed by atoms with van der Waals surface area (Å²) in [7, 11) is 0. The zero-order valence-electron chi connectivity index (χ0n) is 20.3. The molecule has 188 valence electrons. The summed E-state index contributed by atoms with van der Waals surface area (Å²) in [4.78, 5) is 6.84. The number of halogens is 2. The number of nitrogens with zero attached hydrogens (tertiary/aromatic N) is 3. The van der Waals surface area contributed by atoms with Crippen molar-refractivity contribution in [3.63, 3.8) is 0 Å². The van der Waals surface area contributed by atoms with Crippen molar-refractivity contribution < 1.29 is 19.0 Å². The van der Waals surface area contributed by atoms with E-state index in [0.29, 0.717) is 29.1 Å². The molecule has 1 aromatic heterocycles. The van der Waals surface area contributed by atoms with Crippen molar-refractivity contribution in [2.24, 2.45) is 5.92 Å². The van der Waals surface area contributed by atoms with Gasteiger partial charge >= 0.3 is 0 Å². The van der Waals surface area contributed by atoms with E-state index in [1.807, 2.05) is 25.1 Å². The molecule has 0 atom stereocenters. The fourth-order valence-electron chi connectivity index (χ4n) is 4.96. The predicted octanol–water partition coefficient (Wildman–Crippen LogP) is 4.75. The summed E-state index contributed by atoms with van der Waals surface area (Å²) in [6, 6.07) is 14.3. The third kappa shape index (κ3) is 4.84. The van der Waals surface area contributed by atoms with Gasteiger partial charge in [-0.3, -0.25) is 4.98 Å². The van der Waals surface area contributed by atoms with Crippen molar-refractivity contribution in [1.29, 1.82) is 5.26 Å². The van der Waals surface area contributed by atoms with E-state index < -0.39 is 5.82 Å². The van der Waals surface area contributed by atoms with Crippen LogP contribution >= 0.6 is 0 Å².